The van der Waals surface area contributed by atoms with E-state index in [1.807, 2.05) is 13.8 Å². The number of aromatic hydroxyl groups is 1. The van der Waals surface area contributed by atoms with Gasteiger partial charge in [-0.25, -0.2) is 0 Å². The summed E-state index contributed by atoms with van der Waals surface area (Å²) in [6.07, 6.45) is 0. The van der Waals surface area contributed by atoms with E-state index in [4.69, 9.17) is 0 Å². The van der Waals surface area contributed by atoms with Crippen molar-refractivity contribution < 1.29 is 9.90 Å². The van der Waals surface area contributed by atoms with Crippen LogP contribution in [0.3, 0.4) is 0 Å². The molecule has 4 heteroatoms. The van der Waals surface area contributed by atoms with Crippen molar-refractivity contribution in [3.63, 3.8) is 0 Å². The number of Topliss-reactive ketones (excluding diaryl/α,β-unsaturated/α-hetero) is 1. The fourth-order valence-electron chi connectivity index (χ4n) is 1.13. The van der Waals surface area contributed by atoms with Crippen LogP contribution in [0, 0.1) is 0 Å². The highest BCUT2D eigenvalue weighted by molar-refractivity contribution is 7.14. The van der Waals surface area contributed by atoms with Crippen LogP contribution in [0.5, 0.6) is 5.75 Å². The van der Waals surface area contributed by atoms with Crippen LogP contribution < -0.4 is 5.32 Å². The van der Waals surface area contributed by atoms with Gasteiger partial charge in [0, 0.05) is 4.88 Å². The van der Waals surface area contributed by atoms with Crippen LogP contribution >= 0.6 is 11.3 Å². The molecule has 3 nitrogen and oxygen atoms in total. The minimum Gasteiger partial charge on any atom is -0.506 e. The second-order valence-electron chi connectivity index (χ2n) is 3.47. The van der Waals surface area contributed by atoms with E-state index in [1.165, 1.54) is 11.3 Å². The van der Waals surface area contributed by atoms with Gasteiger partial charge in [0.05, 0.1) is 6.54 Å². The first-order valence-corrected chi connectivity index (χ1v) is 5.38. The van der Waals surface area contributed by atoms with Gasteiger partial charge in [-0.15, -0.1) is 11.3 Å². The van der Waals surface area contributed by atoms with E-state index in [-0.39, 0.29) is 18.1 Å². The monoisotopic (exact) mass is 213 g/mol. The number of thiophene rings is 1. The number of nitrogens with one attached hydrogen (secondary N) is 1. The van der Waals surface area contributed by atoms with Crippen molar-refractivity contribution in [3.8, 4) is 5.75 Å². The number of rotatable bonds is 4. The van der Waals surface area contributed by atoms with Gasteiger partial charge < -0.3 is 10.4 Å². The van der Waals surface area contributed by atoms with E-state index in [0.29, 0.717) is 10.8 Å². The molecule has 0 saturated carbocycles. The Balaban J connectivity index is 2.92. The van der Waals surface area contributed by atoms with Crippen LogP contribution in [0.4, 0.5) is 0 Å². The predicted molar refractivity (Wildman–Crippen MR) is 58.3 cm³/mol. The lowest BCUT2D eigenvalue weighted by Gasteiger charge is -1.97. The van der Waals surface area contributed by atoms with Crippen molar-refractivity contribution in [2.45, 2.75) is 19.8 Å². The lowest BCUT2D eigenvalue weighted by Crippen LogP contribution is -2.17. The second kappa shape index (κ2) is 4.57. The summed E-state index contributed by atoms with van der Waals surface area (Å²) in [5.74, 6) is 0.405. The third-order valence-electron chi connectivity index (χ3n) is 1.89. The molecule has 2 N–H and O–H groups in total. The van der Waals surface area contributed by atoms with Gasteiger partial charge in [-0.2, -0.15) is 0 Å². The summed E-state index contributed by atoms with van der Waals surface area (Å²) in [5, 5.41) is 12.3. The van der Waals surface area contributed by atoms with E-state index >= 15 is 0 Å². The molecule has 1 aromatic rings. The maximum atomic E-state index is 11.5. The molecule has 0 saturated heterocycles. The van der Waals surface area contributed by atoms with Gasteiger partial charge in [-0.1, -0.05) is 13.8 Å². The Hall–Kier alpha value is -0.870. The first-order chi connectivity index (χ1) is 6.56. The summed E-state index contributed by atoms with van der Waals surface area (Å²) < 4.78 is 0. The zero-order chi connectivity index (χ0) is 10.7. The number of likely N-dealkylation sites (N-methyl/N-ethyl adjacent to an activating group) is 1. The van der Waals surface area contributed by atoms with E-state index in [0.717, 1.165) is 4.88 Å². The molecular formula is C10H15NO2S. The van der Waals surface area contributed by atoms with Crippen LogP contribution in [-0.4, -0.2) is 24.5 Å². The van der Waals surface area contributed by atoms with Crippen molar-refractivity contribution >= 4 is 17.1 Å². The summed E-state index contributed by atoms with van der Waals surface area (Å²) >= 11 is 1.38. The lowest BCUT2D eigenvalue weighted by molar-refractivity contribution is 0.0995. The van der Waals surface area contributed by atoms with E-state index < -0.39 is 0 Å². The van der Waals surface area contributed by atoms with E-state index in [1.54, 1.807) is 13.1 Å². The Bertz CT molecular complexity index is 331. The average Bonchev–Trinajstić information content (AvgIpc) is 2.48. The molecule has 0 aromatic carbocycles. The van der Waals surface area contributed by atoms with E-state index in [9.17, 15) is 9.90 Å². The third kappa shape index (κ3) is 2.33. The zero-order valence-corrected chi connectivity index (χ0v) is 9.44. The summed E-state index contributed by atoms with van der Waals surface area (Å²) in [6, 6.07) is 1.68. The smallest absolute Gasteiger partial charge is 0.190 e. The Kier molecular flexibility index (Phi) is 3.66. The molecule has 0 aliphatic carbocycles. The highest BCUT2D eigenvalue weighted by Gasteiger charge is 2.16. The molecule has 1 aromatic heterocycles. The first-order valence-electron chi connectivity index (χ1n) is 4.56. The molecule has 1 heterocycles. The number of carbonyl (C=O) groups is 1. The maximum absolute atomic E-state index is 11.5. The summed E-state index contributed by atoms with van der Waals surface area (Å²) in [4.78, 5) is 13.0. The zero-order valence-electron chi connectivity index (χ0n) is 8.63. The minimum absolute atomic E-state index is 0.0538. The predicted octanol–water partition coefficient (Wildman–Crippen LogP) is 1.98. The molecule has 0 spiro atoms. The molecule has 1 rings (SSSR count). The quantitative estimate of drug-likeness (QED) is 0.752. The van der Waals surface area contributed by atoms with Crippen LogP contribution in [0.1, 0.15) is 34.3 Å². The first kappa shape index (κ1) is 11.2. The van der Waals surface area contributed by atoms with Crippen molar-refractivity contribution in [1.82, 2.24) is 5.32 Å². The SMILES string of the molecule is CNCC(=O)c1sc(C(C)C)cc1O. The van der Waals surface area contributed by atoms with Gasteiger partial charge in [0.1, 0.15) is 10.6 Å². The summed E-state index contributed by atoms with van der Waals surface area (Å²) in [7, 11) is 1.71. The molecule has 0 unspecified atom stereocenters. The largest absolute Gasteiger partial charge is 0.506 e. The highest BCUT2D eigenvalue weighted by atomic mass is 32.1. The molecule has 0 fully saturated rings. The third-order valence-corrected chi connectivity index (χ3v) is 3.36. The van der Waals surface area contributed by atoms with Crippen LogP contribution in [0.2, 0.25) is 0 Å². The van der Waals surface area contributed by atoms with Crippen molar-refractivity contribution in [2.75, 3.05) is 13.6 Å². The normalized spacial score (nSPS) is 10.9. The van der Waals surface area contributed by atoms with Crippen molar-refractivity contribution in [3.05, 3.63) is 15.8 Å². The molecular weight excluding hydrogens is 198 g/mol. The Labute approximate surface area is 87.8 Å². The number of hydrogen-bond acceptors (Lipinski definition) is 4. The van der Waals surface area contributed by atoms with Crippen LogP contribution in [0.15, 0.2) is 6.07 Å². The fraction of sp³-hybridized carbons (Fsp3) is 0.500. The lowest BCUT2D eigenvalue weighted by atomic mass is 10.2. The average molecular weight is 213 g/mol. The van der Waals surface area contributed by atoms with Gasteiger partial charge >= 0.3 is 0 Å². The second-order valence-corrected chi connectivity index (χ2v) is 4.56. The van der Waals surface area contributed by atoms with Gasteiger partial charge in [0.25, 0.3) is 0 Å². The fourth-order valence-corrected chi connectivity index (χ4v) is 2.12. The van der Waals surface area contributed by atoms with Crippen LogP contribution in [-0.2, 0) is 0 Å². The molecule has 0 radical (unpaired) electrons. The standard InChI is InChI=1S/C10H15NO2S/c1-6(2)9-4-7(12)10(14-9)8(13)5-11-3/h4,6,11-12H,5H2,1-3H3. The topological polar surface area (TPSA) is 49.3 Å². The summed E-state index contributed by atoms with van der Waals surface area (Å²) in [6.45, 7) is 4.35. The molecule has 0 bridgehead atoms. The van der Waals surface area contributed by atoms with Crippen molar-refractivity contribution in [1.29, 1.82) is 0 Å². The van der Waals surface area contributed by atoms with Gasteiger partial charge in [0.15, 0.2) is 5.78 Å². The maximum Gasteiger partial charge on any atom is 0.190 e. The molecule has 14 heavy (non-hydrogen) atoms. The highest BCUT2D eigenvalue weighted by Crippen LogP contribution is 2.32. The Morgan fingerprint density at radius 1 is 1.64 bits per heavy atom. The number of carbonyl (C=O) groups excluding carboxylic acids is 1. The van der Waals surface area contributed by atoms with Gasteiger partial charge in [-0.05, 0) is 19.0 Å². The summed E-state index contributed by atoms with van der Waals surface area (Å²) in [5.41, 5.74) is 0. The van der Waals surface area contributed by atoms with Gasteiger partial charge in [0.2, 0.25) is 0 Å². The molecule has 0 amide bonds. The minimum atomic E-state index is -0.0538. The molecule has 0 atom stereocenters. The van der Waals surface area contributed by atoms with E-state index in [2.05, 4.69) is 5.32 Å². The van der Waals surface area contributed by atoms with Crippen molar-refractivity contribution in [2.24, 2.45) is 0 Å². The molecule has 78 valence electrons. The number of ketones is 1. The van der Waals surface area contributed by atoms with Gasteiger partial charge in [-0.3, -0.25) is 4.79 Å². The molecule has 0 aliphatic rings. The Morgan fingerprint density at radius 2 is 2.29 bits per heavy atom. The molecule has 0 aliphatic heterocycles. The van der Waals surface area contributed by atoms with Crippen LogP contribution in [0.25, 0.3) is 0 Å². The number of hydrogen-bond donors (Lipinski definition) is 2. The Morgan fingerprint density at radius 3 is 2.71 bits per heavy atom.